The van der Waals surface area contributed by atoms with Crippen LogP contribution >= 0.6 is 0 Å². The van der Waals surface area contributed by atoms with Gasteiger partial charge in [-0.3, -0.25) is 0 Å². The fourth-order valence-electron chi connectivity index (χ4n) is 4.15. The Morgan fingerprint density at radius 3 is 2.51 bits per heavy atom. The van der Waals surface area contributed by atoms with Crippen molar-refractivity contribution in [2.24, 2.45) is 5.73 Å². The smallest absolute Gasteiger partial charge is 0.258 e. The second-order valence-corrected chi connectivity index (χ2v) is 8.93. The molecule has 0 amide bonds. The first-order valence-electron chi connectivity index (χ1n) is 12.1. The van der Waals surface area contributed by atoms with Gasteiger partial charge in [0.15, 0.2) is 11.5 Å². The van der Waals surface area contributed by atoms with Crippen molar-refractivity contribution < 1.29 is 24.2 Å². The quantitative estimate of drug-likeness (QED) is 0.357. The molecule has 9 nitrogen and oxygen atoms in total. The summed E-state index contributed by atoms with van der Waals surface area (Å²) in [6, 6.07) is 11.6. The van der Waals surface area contributed by atoms with E-state index >= 15 is 0 Å². The van der Waals surface area contributed by atoms with Crippen LogP contribution in [-0.2, 0) is 6.42 Å². The number of aliphatic hydroxyl groups excluding tert-OH is 2. The van der Waals surface area contributed by atoms with E-state index in [0.717, 1.165) is 48.2 Å². The van der Waals surface area contributed by atoms with Crippen molar-refractivity contribution in [1.82, 2.24) is 10.1 Å². The molecule has 35 heavy (non-hydrogen) atoms. The van der Waals surface area contributed by atoms with Gasteiger partial charge in [0.25, 0.3) is 5.89 Å². The minimum absolute atomic E-state index is 0.296. The number of ether oxygens (including phenoxy) is 2. The Morgan fingerprint density at radius 1 is 1.06 bits per heavy atom. The molecule has 4 N–H and O–H groups in total. The highest BCUT2D eigenvalue weighted by atomic mass is 16.5. The van der Waals surface area contributed by atoms with Crippen LogP contribution in [0, 0.1) is 0 Å². The van der Waals surface area contributed by atoms with Crippen LogP contribution in [0.4, 0.5) is 5.69 Å². The monoisotopic (exact) mass is 482 g/mol. The lowest BCUT2D eigenvalue weighted by atomic mass is 10.0. The number of nitrogens with two attached hydrogens (primary N) is 1. The van der Waals surface area contributed by atoms with Crippen LogP contribution in [0.25, 0.3) is 22.8 Å². The third kappa shape index (κ3) is 5.42. The van der Waals surface area contributed by atoms with Crippen LogP contribution < -0.4 is 20.1 Å². The van der Waals surface area contributed by atoms with E-state index in [1.165, 1.54) is 0 Å². The summed E-state index contributed by atoms with van der Waals surface area (Å²) in [5.74, 6) is 2.26. The third-order valence-electron chi connectivity index (χ3n) is 6.04. The molecule has 9 heteroatoms. The van der Waals surface area contributed by atoms with E-state index in [1.54, 1.807) is 0 Å². The molecule has 3 aromatic rings. The highest BCUT2D eigenvalue weighted by Crippen LogP contribution is 2.37. The first kappa shape index (κ1) is 25.0. The van der Waals surface area contributed by atoms with E-state index < -0.39 is 5.54 Å². The maximum atomic E-state index is 9.60. The molecule has 2 aromatic carbocycles. The molecule has 1 aliphatic rings. The van der Waals surface area contributed by atoms with Gasteiger partial charge in [0, 0.05) is 29.9 Å². The molecule has 0 bridgehead atoms. The summed E-state index contributed by atoms with van der Waals surface area (Å²) in [6.45, 7) is 5.81. The highest BCUT2D eigenvalue weighted by Gasteiger charge is 2.31. The Labute approximate surface area is 205 Å². The summed E-state index contributed by atoms with van der Waals surface area (Å²) in [5, 5.41) is 23.5. The summed E-state index contributed by atoms with van der Waals surface area (Å²) >= 11 is 0. The predicted octanol–water partition coefficient (Wildman–Crippen LogP) is 3.03. The van der Waals surface area contributed by atoms with E-state index in [9.17, 15) is 10.2 Å². The Bertz CT molecular complexity index is 1130. The lowest BCUT2D eigenvalue weighted by Crippen LogP contribution is -2.55. The molecule has 0 aliphatic carbocycles. The maximum Gasteiger partial charge on any atom is 0.258 e. The lowest BCUT2D eigenvalue weighted by molar-refractivity contribution is 0.125. The predicted molar refractivity (Wildman–Crippen MR) is 134 cm³/mol. The number of hydrogen-bond donors (Lipinski definition) is 3. The van der Waals surface area contributed by atoms with Crippen molar-refractivity contribution in [2.45, 2.75) is 38.6 Å². The summed E-state index contributed by atoms with van der Waals surface area (Å²) in [6.07, 6.45) is 2.58. The molecule has 0 unspecified atom stereocenters. The van der Waals surface area contributed by atoms with Crippen molar-refractivity contribution in [1.29, 1.82) is 0 Å². The zero-order valence-electron chi connectivity index (χ0n) is 20.4. The van der Waals surface area contributed by atoms with Gasteiger partial charge in [0.2, 0.25) is 5.82 Å². The maximum absolute atomic E-state index is 9.60. The van der Waals surface area contributed by atoms with Gasteiger partial charge in [-0.15, -0.1) is 0 Å². The summed E-state index contributed by atoms with van der Waals surface area (Å²) in [5.41, 5.74) is 8.80. The standard InChI is InChI=1S/C26H34N4O5/c1-3-12-33-22-9-8-18(14-23(22)34-13-4-2)25-28-24(29-35-25)20-6-5-7-21-19(20)10-11-30(21)15-26(27,16-31)17-32/h5-9,14,31-32H,3-4,10-13,15-17,27H2,1-2H3. The largest absolute Gasteiger partial charge is 0.490 e. The van der Waals surface area contributed by atoms with Crippen LogP contribution in [0.5, 0.6) is 11.5 Å². The minimum atomic E-state index is -1.07. The van der Waals surface area contributed by atoms with Crippen LogP contribution in [0.15, 0.2) is 40.9 Å². The molecule has 2 heterocycles. The second-order valence-electron chi connectivity index (χ2n) is 8.93. The van der Waals surface area contributed by atoms with Gasteiger partial charge < -0.3 is 34.8 Å². The molecule has 4 rings (SSSR count). The van der Waals surface area contributed by atoms with Crippen molar-refractivity contribution in [2.75, 3.05) is 44.4 Å². The van der Waals surface area contributed by atoms with Crippen molar-refractivity contribution >= 4 is 5.69 Å². The number of benzene rings is 2. The zero-order chi connectivity index (χ0) is 24.8. The molecular formula is C26H34N4O5. The van der Waals surface area contributed by atoms with Crippen LogP contribution in [0.1, 0.15) is 32.3 Å². The van der Waals surface area contributed by atoms with Gasteiger partial charge in [-0.2, -0.15) is 4.98 Å². The normalized spacial score (nSPS) is 13.2. The number of fused-ring (bicyclic) bond motifs is 1. The first-order valence-corrected chi connectivity index (χ1v) is 12.1. The highest BCUT2D eigenvalue weighted by molar-refractivity contribution is 5.74. The fraction of sp³-hybridized carbons (Fsp3) is 0.462. The van der Waals surface area contributed by atoms with E-state index in [1.807, 2.05) is 36.4 Å². The van der Waals surface area contributed by atoms with Crippen molar-refractivity contribution in [3.05, 3.63) is 42.0 Å². The topological polar surface area (TPSA) is 127 Å². The average molecular weight is 483 g/mol. The van der Waals surface area contributed by atoms with E-state index in [4.69, 9.17) is 19.7 Å². The summed E-state index contributed by atoms with van der Waals surface area (Å²) in [4.78, 5) is 6.76. The minimum Gasteiger partial charge on any atom is -0.490 e. The van der Waals surface area contributed by atoms with Crippen LogP contribution in [0.2, 0.25) is 0 Å². The number of aliphatic hydroxyl groups is 2. The summed E-state index contributed by atoms with van der Waals surface area (Å²) in [7, 11) is 0. The number of nitrogens with zero attached hydrogens (tertiary/aromatic N) is 3. The number of hydrogen-bond acceptors (Lipinski definition) is 9. The number of rotatable bonds is 12. The van der Waals surface area contributed by atoms with Gasteiger partial charge >= 0.3 is 0 Å². The Balaban J connectivity index is 1.60. The first-order chi connectivity index (χ1) is 17.0. The van der Waals surface area contributed by atoms with Gasteiger partial charge in [-0.05, 0) is 49.1 Å². The molecule has 188 valence electrons. The zero-order valence-corrected chi connectivity index (χ0v) is 20.4. The van der Waals surface area contributed by atoms with Gasteiger partial charge in [-0.25, -0.2) is 0 Å². The fourth-order valence-corrected chi connectivity index (χ4v) is 4.15. The number of aromatic nitrogens is 2. The van der Waals surface area contributed by atoms with Gasteiger partial charge in [0.1, 0.15) is 0 Å². The molecular weight excluding hydrogens is 448 g/mol. The SMILES string of the molecule is CCCOc1ccc(-c2nc(-c3cccc4c3CCN4CC(N)(CO)CO)no2)cc1OCCC. The average Bonchev–Trinajstić information content (AvgIpc) is 3.54. The van der Waals surface area contributed by atoms with E-state index in [-0.39, 0.29) is 13.2 Å². The second kappa shape index (κ2) is 11.1. The van der Waals surface area contributed by atoms with Crippen LogP contribution in [0.3, 0.4) is 0 Å². The summed E-state index contributed by atoms with van der Waals surface area (Å²) < 4.78 is 17.4. The lowest BCUT2D eigenvalue weighted by Gasteiger charge is -2.31. The molecule has 0 radical (unpaired) electrons. The Kier molecular flexibility index (Phi) is 7.90. The molecule has 1 aliphatic heterocycles. The molecule has 0 saturated heterocycles. The van der Waals surface area contributed by atoms with E-state index in [2.05, 4.69) is 28.9 Å². The van der Waals surface area contributed by atoms with E-state index in [0.29, 0.717) is 43.0 Å². The molecule has 0 fully saturated rings. The van der Waals surface area contributed by atoms with Gasteiger partial charge in [-0.1, -0.05) is 31.1 Å². The van der Waals surface area contributed by atoms with Crippen molar-refractivity contribution in [3.63, 3.8) is 0 Å². The molecule has 0 saturated carbocycles. The molecule has 1 aromatic heterocycles. The molecule has 0 spiro atoms. The Morgan fingerprint density at radius 2 is 1.80 bits per heavy atom. The Hall–Kier alpha value is -3.14. The van der Waals surface area contributed by atoms with Crippen molar-refractivity contribution in [3.8, 4) is 34.3 Å². The number of anilines is 1. The third-order valence-corrected chi connectivity index (χ3v) is 6.04. The van der Waals surface area contributed by atoms with Gasteiger partial charge in [0.05, 0.1) is 32.0 Å². The van der Waals surface area contributed by atoms with Crippen LogP contribution in [-0.4, -0.2) is 65.4 Å². The molecule has 0 atom stereocenters.